The highest BCUT2D eigenvalue weighted by atomic mass is 16.6. The molecule has 120 valence electrons. The van der Waals surface area contributed by atoms with E-state index in [1.165, 1.54) is 5.56 Å². The molecule has 1 amide bonds. The third kappa shape index (κ3) is 4.33. The Balaban J connectivity index is 2.01. The topological polar surface area (TPSA) is 46.6 Å². The standard InChI is InChI=1S/C18H25NO3/c1-13-7-9-14(10-8-13)12-16(20)15-6-5-11-19(15)17(21)22-18(2,3)4/h7-10,15H,5-6,11-12H2,1-4H3/t15-/m0/s1. The van der Waals surface area contributed by atoms with E-state index < -0.39 is 5.60 Å². The molecule has 1 heterocycles. The molecule has 1 aliphatic heterocycles. The van der Waals surface area contributed by atoms with Crippen molar-refractivity contribution in [2.24, 2.45) is 0 Å². The minimum Gasteiger partial charge on any atom is -0.444 e. The maximum Gasteiger partial charge on any atom is 0.410 e. The van der Waals surface area contributed by atoms with E-state index in [0.29, 0.717) is 13.0 Å². The van der Waals surface area contributed by atoms with Crippen LogP contribution in [-0.2, 0) is 16.0 Å². The van der Waals surface area contributed by atoms with Crippen LogP contribution in [-0.4, -0.2) is 35.0 Å². The van der Waals surface area contributed by atoms with Gasteiger partial charge in [0.15, 0.2) is 5.78 Å². The second-order valence-corrected chi connectivity index (χ2v) is 6.96. The van der Waals surface area contributed by atoms with Gasteiger partial charge in [-0.3, -0.25) is 9.69 Å². The molecule has 2 rings (SSSR count). The Morgan fingerprint density at radius 1 is 1.23 bits per heavy atom. The first-order valence-electron chi connectivity index (χ1n) is 7.84. The molecule has 1 saturated heterocycles. The molecule has 0 radical (unpaired) electrons. The minimum atomic E-state index is -0.537. The fraction of sp³-hybridized carbons (Fsp3) is 0.556. The number of benzene rings is 1. The van der Waals surface area contributed by atoms with E-state index in [-0.39, 0.29) is 17.9 Å². The van der Waals surface area contributed by atoms with Gasteiger partial charge in [0, 0.05) is 13.0 Å². The van der Waals surface area contributed by atoms with Crippen molar-refractivity contribution in [3.63, 3.8) is 0 Å². The smallest absolute Gasteiger partial charge is 0.410 e. The third-order valence-electron chi connectivity index (χ3n) is 3.75. The molecule has 0 N–H and O–H groups in total. The summed E-state index contributed by atoms with van der Waals surface area (Å²) in [5.41, 5.74) is 1.63. The minimum absolute atomic E-state index is 0.0900. The zero-order valence-corrected chi connectivity index (χ0v) is 13.9. The summed E-state index contributed by atoms with van der Waals surface area (Å²) in [5, 5.41) is 0. The predicted octanol–water partition coefficient (Wildman–Crippen LogP) is 3.51. The molecule has 0 bridgehead atoms. The normalized spacial score (nSPS) is 18.4. The third-order valence-corrected chi connectivity index (χ3v) is 3.75. The van der Waals surface area contributed by atoms with Gasteiger partial charge in [-0.2, -0.15) is 0 Å². The first kappa shape index (κ1) is 16.5. The SMILES string of the molecule is Cc1ccc(CC(=O)[C@@H]2CCCN2C(=O)OC(C)(C)C)cc1. The number of ether oxygens (including phenoxy) is 1. The maximum absolute atomic E-state index is 12.5. The zero-order valence-electron chi connectivity index (χ0n) is 13.9. The highest BCUT2D eigenvalue weighted by Gasteiger charge is 2.36. The number of rotatable bonds is 3. The summed E-state index contributed by atoms with van der Waals surface area (Å²) in [7, 11) is 0. The van der Waals surface area contributed by atoms with Crippen molar-refractivity contribution in [1.29, 1.82) is 0 Å². The van der Waals surface area contributed by atoms with Gasteiger partial charge in [-0.05, 0) is 46.1 Å². The molecule has 4 heteroatoms. The van der Waals surface area contributed by atoms with Crippen molar-refractivity contribution in [1.82, 2.24) is 4.90 Å². The van der Waals surface area contributed by atoms with Gasteiger partial charge in [0.2, 0.25) is 0 Å². The summed E-state index contributed by atoms with van der Waals surface area (Å²) >= 11 is 0. The van der Waals surface area contributed by atoms with Crippen molar-refractivity contribution < 1.29 is 14.3 Å². The van der Waals surface area contributed by atoms with Gasteiger partial charge < -0.3 is 4.74 Å². The molecular weight excluding hydrogens is 278 g/mol. The Labute approximate surface area is 132 Å². The molecule has 0 spiro atoms. The van der Waals surface area contributed by atoms with Gasteiger partial charge in [-0.1, -0.05) is 29.8 Å². The Bertz CT molecular complexity index is 542. The lowest BCUT2D eigenvalue weighted by Crippen LogP contribution is -2.43. The molecule has 22 heavy (non-hydrogen) atoms. The average Bonchev–Trinajstić information content (AvgIpc) is 2.89. The Morgan fingerprint density at radius 3 is 2.45 bits per heavy atom. The molecule has 1 aromatic rings. The molecule has 1 fully saturated rings. The highest BCUT2D eigenvalue weighted by Crippen LogP contribution is 2.22. The Morgan fingerprint density at radius 2 is 1.86 bits per heavy atom. The summed E-state index contributed by atoms with van der Waals surface area (Å²) in [6.45, 7) is 8.13. The molecule has 0 aromatic heterocycles. The van der Waals surface area contributed by atoms with Crippen molar-refractivity contribution in [2.75, 3.05) is 6.54 Å². The summed E-state index contributed by atoms with van der Waals surface area (Å²) in [4.78, 5) is 26.3. The van der Waals surface area contributed by atoms with Crippen LogP contribution >= 0.6 is 0 Å². The summed E-state index contributed by atoms with van der Waals surface area (Å²) in [6.07, 6.45) is 1.56. The predicted molar refractivity (Wildman–Crippen MR) is 85.9 cm³/mol. The molecule has 1 aromatic carbocycles. The molecule has 0 aliphatic carbocycles. The summed E-state index contributed by atoms with van der Waals surface area (Å²) in [5.74, 6) is 0.0900. The van der Waals surface area contributed by atoms with Crippen LogP contribution in [0.4, 0.5) is 4.79 Å². The first-order chi connectivity index (χ1) is 10.3. The van der Waals surface area contributed by atoms with E-state index in [0.717, 1.165) is 18.4 Å². The second-order valence-electron chi connectivity index (χ2n) is 6.96. The average molecular weight is 303 g/mol. The van der Waals surface area contributed by atoms with Gasteiger partial charge >= 0.3 is 6.09 Å². The number of nitrogens with zero attached hydrogens (tertiary/aromatic N) is 1. The second kappa shape index (κ2) is 6.51. The van der Waals surface area contributed by atoms with Gasteiger partial charge in [0.05, 0.1) is 6.04 Å². The van der Waals surface area contributed by atoms with Crippen molar-refractivity contribution in [3.05, 3.63) is 35.4 Å². The van der Waals surface area contributed by atoms with E-state index in [9.17, 15) is 9.59 Å². The first-order valence-corrected chi connectivity index (χ1v) is 7.84. The van der Waals surface area contributed by atoms with Crippen LogP contribution < -0.4 is 0 Å². The number of aryl methyl sites for hydroxylation is 1. The number of carbonyl (C=O) groups is 2. The molecule has 0 saturated carbocycles. The maximum atomic E-state index is 12.5. The fourth-order valence-corrected chi connectivity index (χ4v) is 2.67. The molecule has 4 nitrogen and oxygen atoms in total. The Hall–Kier alpha value is -1.84. The molecular formula is C18H25NO3. The van der Waals surface area contributed by atoms with Crippen LogP contribution in [0.1, 0.15) is 44.7 Å². The number of Topliss-reactive ketones (excluding diaryl/α,β-unsaturated/α-hetero) is 1. The monoisotopic (exact) mass is 303 g/mol. The lowest BCUT2D eigenvalue weighted by atomic mass is 10.0. The molecule has 1 atom stereocenters. The van der Waals surface area contributed by atoms with Crippen LogP contribution in [0.5, 0.6) is 0 Å². The van der Waals surface area contributed by atoms with E-state index in [1.807, 2.05) is 52.0 Å². The molecule has 1 aliphatic rings. The van der Waals surface area contributed by atoms with Gasteiger partial charge in [0.1, 0.15) is 5.60 Å². The van der Waals surface area contributed by atoms with Crippen LogP contribution in [0.3, 0.4) is 0 Å². The fourth-order valence-electron chi connectivity index (χ4n) is 2.67. The van der Waals surface area contributed by atoms with Crippen LogP contribution in [0.2, 0.25) is 0 Å². The lowest BCUT2D eigenvalue weighted by molar-refractivity contribution is -0.122. The van der Waals surface area contributed by atoms with Gasteiger partial charge in [0.25, 0.3) is 0 Å². The number of hydrogen-bond acceptors (Lipinski definition) is 3. The quantitative estimate of drug-likeness (QED) is 0.858. The van der Waals surface area contributed by atoms with Crippen LogP contribution in [0, 0.1) is 6.92 Å². The van der Waals surface area contributed by atoms with E-state index >= 15 is 0 Å². The highest BCUT2D eigenvalue weighted by molar-refractivity contribution is 5.89. The van der Waals surface area contributed by atoms with Crippen LogP contribution in [0.15, 0.2) is 24.3 Å². The number of likely N-dealkylation sites (tertiary alicyclic amines) is 1. The zero-order chi connectivity index (χ0) is 16.3. The van der Waals surface area contributed by atoms with E-state index in [4.69, 9.17) is 4.74 Å². The van der Waals surface area contributed by atoms with Crippen molar-refractivity contribution in [2.45, 2.75) is 58.6 Å². The largest absolute Gasteiger partial charge is 0.444 e. The van der Waals surface area contributed by atoms with Crippen molar-refractivity contribution >= 4 is 11.9 Å². The summed E-state index contributed by atoms with van der Waals surface area (Å²) < 4.78 is 5.40. The van der Waals surface area contributed by atoms with Gasteiger partial charge in [-0.25, -0.2) is 4.79 Å². The lowest BCUT2D eigenvalue weighted by Gasteiger charge is -2.28. The number of carbonyl (C=O) groups excluding carboxylic acids is 2. The number of ketones is 1. The number of amides is 1. The van der Waals surface area contributed by atoms with E-state index in [2.05, 4.69) is 0 Å². The van der Waals surface area contributed by atoms with Gasteiger partial charge in [-0.15, -0.1) is 0 Å². The number of hydrogen-bond donors (Lipinski definition) is 0. The van der Waals surface area contributed by atoms with Crippen LogP contribution in [0.25, 0.3) is 0 Å². The molecule has 0 unspecified atom stereocenters. The Kier molecular flexibility index (Phi) is 4.89. The van der Waals surface area contributed by atoms with E-state index in [1.54, 1.807) is 4.90 Å². The summed E-state index contributed by atoms with van der Waals surface area (Å²) in [6, 6.07) is 7.60. The van der Waals surface area contributed by atoms with Crippen molar-refractivity contribution in [3.8, 4) is 0 Å².